The molecule has 20 heavy (non-hydrogen) atoms. The van der Waals surface area contributed by atoms with Gasteiger partial charge < -0.3 is 15.1 Å². The summed E-state index contributed by atoms with van der Waals surface area (Å²) >= 11 is 0. The number of hydrogen-bond acceptors (Lipinski definition) is 3. The fraction of sp³-hybridized carbons (Fsp3) is 0.312. The number of hydrogen-bond donors (Lipinski definition) is 2. The first-order chi connectivity index (χ1) is 9.75. The van der Waals surface area contributed by atoms with E-state index in [0.29, 0.717) is 13.1 Å². The highest BCUT2D eigenvalue weighted by molar-refractivity contribution is 5.72. The molecule has 0 radical (unpaired) electrons. The second-order valence-corrected chi connectivity index (χ2v) is 4.65. The molecule has 2 N–H and O–H groups in total. The molecule has 1 heterocycles. The Labute approximate surface area is 119 Å². The third-order valence-corrected chi connectivity index (χ3v) is 2.92. The van der Waals surface area contributed by atoms with Gasteiger partial charge in [-0.15, -0.1) is 0 Å². The van der Waals surface area contributed by atoms with Crippen molar-refractivity contribution in [2.24, 2.45) is 0 Å². The van der Waals surface area contributed by atoms with Crippen LogP contribution in [0.2, 0.25) is 0 Å². The van der Waals surface area contributed by atoms with Crippen molar-refractivity contribution in [1.82, 2.24) is 10.6 Å². The molecular weight excluding hydrogens is 252 g/mol. The van der Waals surface area contributed by atoms with Crippen LogP contribution in [-0.2, 0) is 11.3 Å². The number of furan rings is 1. The molecule has 2 aromatic rings. The van der Waals surface area contributed by atoms with Crippen LogP contribution in [0.4, 0.5) is 0 Å². The summed E-state index contributed by atoms with van der Waals surface area (Å²) in [6.45, 7) is 3.78. The van der Waals surface area contributed by atoms with Gasteiger partial charge in [0, 0.05) is 19.0 Å². The van der Waals surface area contributed by atoms with Crippen molar-refractivity contribution in [2.45, 2.75) is 19.9 Å². The summed E-state index contributed by atoms with van der Waals surface area (Å²) in [5, 5.41) is 6.06. The lowest BCUT2D eigenvalue weighted by Gasteiger charge is -2.03. The lowest BCUT2D eigenvalue weighted by atomic mass is 10.2. The second-order valence-electron chi connectivity index (χ2n) is 4.65. The minimum absolute atomic E-state index is 0.0172. The molecule has 4 nitrogen and oxygen atoms in total. The van der Waals surface area contributed by atoms with Gasteiger partial charge in [0.1, 0.15) is 11.5 Å². The fourth-order valence-electron chi connectivity index (χ4n) is 1.92. The van der Waals surface area contributed by atoms with Crippen LogP contribution in [0.3, 0.4) is 0 Å². The first-order valence-corrected chi connectivity index (χ1v) is 6.85. The highest BCUT2D eigenvalue weighted by Crippen LogP contribution is 2.21. The summed E-state index contributed by atoms with van der Waals surface area (Å²) < 4.78 is 5.78. The summed E-state index contributed by atoms with van der Waals surface area (Å²) in [6.07, 6.45) is 0.909. The van der Waals surface area contributed by atoms with Crippen molar-refractivity contribution >= 4 is 5.91 Å². The SMILES string of the molecule is CC(=O)NCCCNCc1ccc(-c2ccccc2)o1. The van der Waals surface area contributed by atoms with Gasteiger partial charge in [-0.3, -0.25) is 4.79 Å². The molecule has 0 aliphatic carbocycles. The van der Waals surface area contributed by atoms with Gasteiger partial charge in [-0.1, -0.05) is 30.3 Å². The van der Waals surface area contributed by atoms with Crippen LogP contribution >= 0.6 is 0 Å². The monoisotopic (exact) mass is 272 g/mol. The topological polar surface area (TPSA) is 54.3 Å². The molecule has 0 spiro atoms. The van der Waals surface area contributed by atoms with E-state index in [1.165, 1.54) is 6.92 Å². The van der Waals surface area contributed by atoms with Crippen molar-refractivity contribution in [1.29, 1.82) is 0 Å². The van der Waals surface area contributed by atoms with Gasteiger partial charge in [-0.05, 0) is 25.1 Å². The largest absolute Gasteiger partial charge is 0.460 e. The third kappa shape index (κ3) is 4.55. The maximum Gasteiger partial charge on any atom is 0.216 e. The van der Waals surface area contributed by atoms with E-state index in [1.54, 1.807) is 0 Å². The van der Waals surface area contributed by atoms with E-state index < -0.39 is 0 Å². The molecule has 1 aromatic carbocycles. The molecule has 1 amide bonds. The molecule has 4 heteroatoms. The van der Waals surface area contributed by atoms with E-state index in [4.69, 9.17) is 4.42 Å². The van der Waals surface area contributed by atoms with Gasteiger partial charge >= 0.3 is 0 Å². The third-order valence-electron chi connectivity index (χ3n) is 2.92. The van der Waals surface area contributed by atoms with E-state index >= 15 is 0 Å². The Balaban J connectivity index is 1.72. The molecule has 1 aromatic heterocycles. The average molecular weight is 272 g/mol. The summed E-state index contributed by atoms with van der Waals surface area (Å²) in [7, 11) is 0. The van der Waals surface area contributed by atoms with Gasteiger partial charge in [0.25, 0.3) is 0 Å². The predicted octanol–water partition coefficient (Wildman–Crippen LogP) is 2.56. The minimum atomic E-state index is 0.0172. The highest BCUT2D eigenvalue weighted by Gasteiger charge is 2.03. The van der Waals surface area contributed by atoms with Crippen LogP contribution in [-0.4, -0.2) is 19.0 Å². The Morgan fingerprint density at radius 3 is 2.65 bits per heavy atom. The number of rotatable bonds is 7. The zero-order valence-electron chi connectivity index (χ0n) is 11.7. The Bertz CT molecular complexity index is 534. The van der Waals surface area contributed by atoms with Crippen molar-refractivity contribution < 1.29 is 9.21 Å². The maximum atomic E-state index is 10.7. The first-order valence-electron chi connectivity index (χ1n) is 6.85. The van der Waals surface area contributed by atoms with Crippen molar-refractivity contribution in [2.75, 3.05) is 13.1 Å². The summed E-state index contributed by atoms with van der Waals surface area (Å²) in [5.41, 5.74) is 1.09. The van der Waals surface area contributed by atoms with Crippen LogP contribution in [0.25, 0.3) is 11.3 Å². The average Bonchev–Trinajstić information content (AvgIpc) is 2.92. The van der Waals surface area contributed by atoms with E-state index in [2.05, 4.69) is 10.6 Å². The van der Waals surface area contributed by atoms with E-state index in [0.717, 1.165) is 30.0 Å². The molecule has 0 unspecified atom stereocenters. The van der Waals surface area contributed by atoms with E-state index in [-0.39, 0.29) is 5.91 Å². The van der Waals surface area contributed by atoms with Crippen LogP contribution in [0, 0.1) is 0 Å². The van der Waals surface area contributed by atoms with Crippen molar-refractivity contribution in [3.63, 3.8) is 0 Å². The lowest BCUT2D eigenvalue weighted by molar-refractivity contribution is -0.118. The standard InChI is InChI=1S/C16H20N2O2/c1-13(19)18-11-5-10-17-12-15-8-9-16(20-15)14-6-3-2-4-7-14/h2-4,6-9,17H,5,10-12H2,1H3,(H,18,19). The number of benzene rings is 1. The molecule has 0 bridgehead atoms. The Morgan fingerprint density at radius 2 is 1.90 bits per heavy atom. The van der Waals surface area contributed by atoms with Crippen LogP contribution in [0.5, 0.6) is 0 Å². The van der Waals surface area contributed by atoms with Crippen molar-refractivity contribution in [3.05, 3.63) is 48.2 Å². The molecular formula is C16H20N2O2. The summed E-state index contributed by atoms with van der Waals surface area (Å²) in [4.78, 5) is 10.7. The predicted molar refractivity (Wildman–Crippen MR) is 79.2 cm³/mol. The summed E-state index contributed by atoms with van der Waals surface area (Å²) in [6, 6.07) is 14.0. The van der Waals surface area contributed by atoms with Crippen LogP contribution < -0.4 is 10.6 Å². The lowest BCUT2D eigenvalue weighted by Crippen LogP contribution is -2.24. The van der Waals surface area contributed by atoms with Gasteiger partial charge in [-0.2, -0.15) is 0 Å². The molecule has 106 valence electrons. The smallest absolute Gasteiger partial charge is 0.216 e. The number of amides is 1. The quantitative estimate of drug-likeness (QED) is 0.762. The minimum Gasteiger partial charge on any atom is -0.460 e. The fourth-order valence-corrected chi connectivity index (χ4v) is 1.92. The molecule has 0 aliphatic heterocycles. The van der Waals surface area contributed by atoms with Gasteiger partial charge in [0.05, 0.1) is 6.54 Å². The highest BCUT2D eigenvalue weighted by atomic mass is 16.3. The zero-order chi connectivity index (χ0) is 14.2. The van der Waals surface area contributed by atoms with E-state index in [1.807, 2.05) is 42.5 Å². The van der Waals surface area contributed by atoms with Gasteiger partial charge in [0.15, 0.2) is 0 Å². The first kappa shape index (κ1) is 14.3. The van der Waals surface area contributed by atoms with Crippen LogP contribution in [0.15, 0.2) is 46.9 Å². The Morgan fingerprint density at radius 1 is 1.10 bits per heavy atom. The second kappa shape index (κ2) is 7.50. The van der Waals surface area contributed by atoms with Gasteiger partial charge in [0.2, 0.25) is 5.91 Å². The molecule has 2 rings (SSSR count). The zero-order valence-corrected chi connectivity index (χ0v) is 11.7. The summed E-state index contributed by atoms with van der Waals surface area (Å²) in [5.74, 6) is 1.83. The Kier molecular flexibility index (Phi) is 5.38. The molecule has 0 saturated heterocycles. The van der Waals surface area contributed by atoms with Gasteiger partial charge in [-0.25, -0.2) is 0 Å². The van der Waals surface area contributed by atoms with Crippen LogP contribution in [0.1, 0.15) is 19.1 Å². The number of carbonyl (C=O) groups excluding carboxylic acids is 1. The molecule has 0 atom stereocenters. The number of nitrogens with one attached hydrogen (secondary N) is 2. The van der Waals surface area contributed by atoms with E-state index in [9.17, 15) is 4.79 Å². The molecule has 0 fully saturated rings. The normalized spacial score (nSPS) is 10.4. The molecule has 0 aliphatic rings. The van der Waals surface area contributed by atoms with Crippen molar-refractivity contribution in [3.8, 4) is 11.3 Å². The molecule has 0 saturated carbocycles. The Hall–Kier alpha value is -2.07. The number of carbonyl (C=O) groups is 1. The maximum absolute atomic E-state index is 10.7.